The van der Waals surface area contributed by atoms with Crippen molar-refractivity contribution in [3.05, 3.63) is 50.6 Å². The molecule has 0 saturated carbocycles. The van der Waals surface area contributed by atoms with Crippen molar-refractivity contribution in [2.75, 3.05) is 25.9 Å². The van der Waals surface area contributed by atoms with Crippen molar-refractivity contribution in [2.45, 2.75) is 44.9 Å². The number of nitrogens with zero attached hydrogens (tertiary/aromatic N) is 3. The summed E-state index contributed by atoms with van der Waals surface area (Å²) in [6.07, 6.45) is 1.91. The summed E-state index contributed by atoms with van der Waals surface area (Å²) in [4.78, 5) is 37.3. The van der Waals surface area contributed by atoms with E-state index in [1.54, 1.807) is 24.3 Å². The quantitative estimate of drug-likeness (QED) is 0.421. The number of carbonyl (C=O) groups is 2. The number of benzene rings is 1. The highest BCUT2D eigenvalue weighted by molar-refractivity contribution is 7.88. The first kappa shape index (κ1) is 26.1. The van der Waals surface area contributed by atoms with Crippen LogP contribution in [0.1, 0.15) is 44.7 Å². The van der Waals surface area contributed by atoms with E-state index in [1.807, 2.05) is 0 Å². The molecule has 10 nitrogen and oxygen atoms in total. The monoisotopic (exact) mass is 564 g/mol. The molecule has 0 bridgehead atoms. The maximum atomic E-state index is 13.2. The van der Waals surface area contributed by atoms with Crippen LogP contribution in [0.25, 0.3) is 10.9 Å². The highest BCUT2D eigenvalue weighted by Gasteiger charge is 2.39. The van der Waals surface area contributed by atoms with Gasteiger partial charge in [0.2, 0.25) is 10.0 Å². The average Bonchev–Trinajstić information content (AvgIpc) is 3.54. The second-order valence-corrected chi connectivity index (χ2v) is 13.4. The van der Waals surface area contributed by atoms with Gasteiger partial charge in [0.15, 0.2) is 5.01 Å². The van der Waals surface area contributed by atoms with E-state index in [0.717, 1.165) is 47.2 Å². The molecule has 0 aliphatic carbocycles. The fraction of sp³-hybridized carbons (Fsp3) is 0.458. The van der Waals surface area contributed by atoms with Gasteiger partial charge in [-0.2, -0.15) is 4.31 Å². The number of hydrogen-bond acceptors (Lipinski definition) is 7. The van der Waals surface area contributed by atoms with Crippen molar-refractivity contribution >= 4 is 55.7 Å². The average molecular weight is 565 g/mol. The molecule has 0 spiro atoms. The van der Waals surface area contributed by atoms with Crippen LogP contribution in [0.3, 0.4) is 0 Å². The molecule has 5 rings (SSSR count). The van der Waals surface area contributed by atoms with Crippen molar-refractivity contribution in [1.29, 1.82) is 0 Å². The minimum absolute atomic E-state index is 0.0549. The number of rotatable bonds is 6. The van der Waals surface area contributed by atoms with E-state index in [-0.39, 0.29) is 19.0 Å². The topological polar surface area (TPSA) is 128 Å². The lowest BCUT2D eigenvalue weighted by Gasteiger charge is -2.29. The Hall–Kier alpha value is -2.51. The molecule has 37 heavy (non-hydrogen) atoms. The Bertz CT molecular complexity index is 1470. The molecule has 13 heteroatoms. The fourth-order valence-electron chi connectivity index (χ4n) is 4.79. The van der Waals surface area contributed by atoms with Crippen LogP contribution in [0.5, 0.6) is 0 Å². The summed E-state index contributed by atoms with van der Waals surface area (Å²) < 4.78 is 25.8. The Morgan fingerprint density at radius 1 is 1.16 bits per heavy atom. The zero-order chi connectivity index (χ0) is 26.5. The van der Waals surface area contributed by atoms with Crippen LogP contribution >= 0.6 is 22.9 Å². The third-order valence-electron chi connectivity index (χ3n) is 6.90. The number of aromatic nitrogens is 2. The van der Waals surface area contributed by atoms with Crippen molar-refractivity contribution in [3.63, 3.8) is 0 Å². The fourth-order valence-corrected chi connectivity index (χ4v) is 6.87. The number of sulfonamides is 1. The molecule has 2 amide bonds. The minimum Gasteiger partial charge on any atom is -0.351 e. The number of halogens is 1. The number of amides is 2. The van der Waals surface area contributed by atoms with Gasteiger partial charge in [0.05, 0.1) is 24.0 Å². The molecular weight excluding hydrogens is 536 g/mol. The smallest absolute Gasteiger partial charge is 0.280 e. The van der Waals surface area contributed by atoms with Gasteiger partial charge < -0.3 is 15.6 Å². The normalized spacial score (nSPS) is 20.9. The lowest BCUT2D eigenvalue weighted by Crippen LogP contribution is -2.51. The first-order chi connectivity index (χ1) is 17.5. The van der Waals surface area contributed by atoms with E-state index in [2.05, 4.69) is 39.3 Å². The first-order valence-corrected chi connectivity index (χ1v) is 15.1. The van der Waals surface area contributed by atoms with Crippen molar-refractivity contribution in [2.24, 2.45) is 0 Å². The number of thiazole rings is 1. The highest BCUT2D eigenvalue weighted by Crippen LogP contribution is 2.27. The Labute approximate surface area is 224 Å². The lowest BCUT2D eigenvalue weighted by molar-refractivity contribution is 0.0894. The van der Waals surface area contributed by atoms with E-state index in [0.29, 0.717) is 21.8 Å². The maximum absolute atomic E-state index is 13.2. The lowest BCUT2D eigenvalue weighted by atomic mass is 10.1. The standard InChI is InChI=1S/C24H29ClN6O4S2/c1-13(2)30-7-6-17-21(12-30)36-24(29-17)23(33)28-20-11-31(37(3,34)35)10-19(20)27-22(32)18-9-14-8-15(25)4-5-16(14)26-18/h4-5,8-9,13,19-20,26H,6-7,10-12H2,1-3H3,(H,27,32)(H,28,33). The Morgan fingerprint density at radius 3 is 2.54 bits per heavy atom. The van der Waals surface area contributed by atoms with Crippen molar-refractivity contribution < 1.29 is 18.0 Å². The van der Waals surface area contributed by atoms with Crippen LogP contribution in [-0.4, -0.2) is 83.4 Å². The summed E-state index contributed by atoms with van der Waals surface area (Å²) in [7, 11) is -3.52. The number of H-pyrrole nitrogens is 1. The number of fused-ring (bicyclic) bond motifs is 2. The molecule has 198 valence electrons. The number of carbonyl (C=O) groups excluding carboxylic acids is 2. The van der Waals surface area contributed by atoms with Gasteiger partial charge in [0.25, 0.3) is 11.8 Å². The summed E-state index contributed by atoms with van der Waals surface area (Å²) in [5.74, 6) is -0.763. The van der Waals surface area contributed by atoms with Crippen LogP contribution in [0.2, 0.25) is 5.02 Å². The highest BCUT2D eigenvalue weighted by atomic mass is 35.5. The molecule has 2 atom stereocenters. The Balaban J connectivity index is 1.32. The summed E-state index contributed by atoms with van der Waals surface area (Å²) in [6.45, 7) is 6.07. The third-order valence-corrected chi connectivity index (χ3v) is 9.45. The molecule has 2 aromatic heterocycles. The van der Waals surface area contributed by atoms with Crippen LogP contribution in [0.4, 0.5) is 0 Å². The number of aromatic amines is 1. The molecule has 2 aliphatic heterocycles. The van der Waals surface area contributed by atoms with E-state index >= 15 is 0 Å². The van der Waals surface area contributed by atoms with Crippen LogP contribution in [0, 0.1) is 0 Å². The van der Waals surface area contributed by atoms with E-state index in [4.69, 9.17) is 11.6 Å². The van der Waals surface area contributed by atoms with Gasteiger partial charge in [-0.3, -0.25) is 14.5 Å². The van der Waals surface area contributed by atoms with Gasteiger partial charge in [-0.15, -0.1) is 11.3 Å². The maximum Gasteiger partial charge on any atom is 0.280 e. The molecule has 3 N–H and O–H groups in total. The summed E-state index contributed by atoms with van der Waals surface area (Å²) in [6, 6.07) is 6.13. The minimum atomic E-state index is -3.52. The van der Waals surface area contributed by atoms with Crippen LogP contribution < -0.4 is 10.6 Å². The van der Waals surface area contributed by atoms with Gasteiger partial charge in [0, 0.05) is 59.4 Å². The van der Waals surface area contributed by atoms with Crippen LogP contribution in [-0.2, 0) is 23.0 Å². The second-order valence-electron chi connectivity index (χ2n) is 9.86. The summed E-state index contributed by atoms with van der Waals surface area (Å²) >= 11 is 7.42. The predicted molar refractivity (Wildman–Crippen MR) is 144 cm³/mol. The van der Waals surface area contributed by atoms with Gasteiger partial charge in [0.1, 0.15) is 5.69 Å². The number of hydrogen-bond donors (Lipinski definition) is 3. The molecule has 1 aromatic carbocycles. The SMILES string of the molecule is CC(C)N1CCc2nc(C(=O)NC3CN(S(C)(=O)=O)CC3NC(=O)c3cc4cc(Cl)ccc4[nH]3)sc2C1. The molecule has 1 saturated heterocycles. The zero-order valence-electron chi connectivity index (χ0n) is 20.7. The molecule has 1 fully saturated rings. The summed E-state index contributed by atoms with van der Waals surface area (Å²) in [5, 5.41) is 7.52. The third kappa shape index (κ3) is 5.53. The largest absolute Gasteiger partial charge is 0.351 e. The molecular formula is C24H29ClN6O4S2. The number of nitrogens with one attached hydrogen (secondary N) is 3. The van der Waals surface area contributed by atoms with Crippen molar-refractivity contribution in [3.8, 4) is 0 Å². The summed E-state index contributed by atoms with van der Waals surface area (Å²) in [5.41, 5.74) is 2.02. The van der Waals surface area contributed by atoms with E-state index < -0.39 is 28.0 Å². The zero-order valence-corrected chi connectivity index (χ0v) is 23.1. The molecule has 2 unspecified atom stereocenters. The molecule has 4 heterocycles. The molecule has 3 aromatic rings. The van der Waals surface area contributed by atoms with Gasteiger partial charge in [-0.25, -0.2) is 13.4 Å². The molecule has 0 radical (unpaired) electrons. The van der Waals surface area contributed by atoms with Gasteiger partial charge in [-0.05, 0) is 38.1 Å². The van der Waals surface area contributed by atoms with Crippen LogP contribution in [0.15, 0.2) is 24.3 Å². The first-order valence-electron chi connectivity index (χ1n) is 12.1. The van der Waals surface area contributed by atoms with E-state index in [9.17, 15) is 18.0 Å². The molecule has 2 aliphatic rings. The van der Waals surface area contributed by atoms with E-state index in [1.165, 1.54) is 15.6 Å². The predicted octanol–water partition coefficient (Wildman–Crippen LogP) is 2.22. The van der Waals surface area contributed by atoms with Crippen molar-refractivity contribution in [1.82, 2.24) is 29.8 Å². The van der Waals surface area contributed by atoms with Gasteiger partial charge >= 0.3 is 0 Å². The Morgan fingerprint density at radius 2 is 1.86 bits per heavy atom. The second kappa shape index (κ2) is 9.99. The van der Waals surface area contributed by atoms with Gasteiger partial charge in [-0.1, -0.05) is 11.6 Å². The Kier molecular flexibility index (Phi) is 7.05.